The molecule has 146 valence electrons. The second-order valence-electron chi connectivity index (χ2n) is 6.77. The van der Waals surface area contributed by atoms with Crippen molar-refractivity contribution >= 4 is 21.9 Å². The van der Waals surface area contributed by atoms with E-state index in [9.17, 15) is 13.5 Å². The van der Waals surface area contributed by atoms with Crippen LogP contribution in [0.1, 0.15) is 25.8 Å². The summed E-state index contributed by atoms with van der Waals surface area (Å²) in [5.41, 5.74) is -0.390. The second kappa shape index (κ2) is 9.06. The highest BCUT2D eigenvalue weighted by atomic mass is 32.2. The molecule has 0 fully saturated rings. The molecule has 3 atom stereocenters. The molecule has 6 heteroatoms. The largest absolute Gasteiger partial charge is 0.387 e. The lowest BCUT2D eigenvalue weighted by molar-refractivity contribution is -0.0407. The first-order valence-electron chi connectivity index (χ1n) is 8.70. The number of benzene rings is 2. The van der Waals surface area contributed by atoms with Gasteiger partial charge in [-0.05, 0) is 51.5 Å². The van der Waals surface area contributed by atoms with Gasteiger partial charge >= 0.3 is 0 Å². The first-order chi connectivity index (χ1) is 12.6. The molecule has 0 bridgehead atoms. The van der Waals surface area contributed by atoms with E-state index in [-0.39, 0.29) is 10.1 Å². The number of aliphatic hydroxyl groups is 1. The smallest absolute Gasteiger partial charge is 0.297 e. The third-order valence-corrected chi connectivity index (χ3v) is 6.96. The number of thioether (sulfide) groups is 1. The molecule has 1 unspecified atom stereocenters. The number of hydrogen-bond donors (Lipinski definition) is 1. The summed E-state index contributed by atoms with van der Waals surface area (Å²) in [5.74, 6) is 0. The lowest BCUT2D eigenvalue weighted by Gasteiger charge is -2.32. The van der Waals surface area contributed by atoms with E-state index in [4.69, 9.17) is 4.18 Å². The van der Waals surface area contributed by atoms with E-state index < -0.39 is 21.8 Å². The van der Waals surface area contributed by atoms with Gasteiger partial charge in [0.1, 0.15) is 6.10 Å². The SMILES string of the molecule is C=CC(C[C@](C)(O)[C@H](C)OS(=O)(=O)c1ccc(C)cc1)Sc1ccccc1. The van der Waals surface area contributed by atoms with Crippen molar-refractivity contribution in [2.75, 3.05) is 0 Å². The zero-order valence-electron chi connectivity index (χ0n) is 15.8. The van der Waals surface area contributed by atoms with Crippen LogP contribution in [0.2, 0.25) is 0 Å². The molecule has 2 rings (SSSR count). The Morgan fingerprint density at radius 2 is 1.78 bits per heavy atom. The maximum absolute atomic E-state index is 12.5. The van der Waals surface area contributed by atoms with Crippen molar-refractivity contribution in [2.24, 2.45) is 0 Å². The van der Waals surface area contributed by atoms with Crippen LogP contribution in [0.15, 0.2) is 77.0 Å². The fourth-order valence-electron chi connectivity index (χ4n) is 2.47. The molecule has 4 nitrogen and oxygen atoms in total. The normalized spacial score (nSPS) is 16.3. The minimum absolute atomic E-state index is 0.0784. The first kappa shape index (κ1) is 21.7. The number of rotatable bonds is 9. The Morgan fingerprint density at radius 1 is 1.19 bits per heavy atom. The third kappa shape index (κ3) is 6.21. The van der Waals surface area contributed by atoms with Crippen LogP contribution >= 0.6 is 11.8 Å². The molecule has 1 N–H and O–H groups in total. The molecule has 0 aliphatic carbocycles. The number of aryl methyl sites for hydroxylation is 1. The Balaban J connectivity index is 2.07. The first-order valence-corrected chi connectivity index (χ1v) is 11.0. The summed E-state index contributed by atoms with van der Waals surface area (Å²) in [4.78, 5) is 1.13. The maximum Gasteiger partial charge on any atom is 0.297 e. The van der Waals surface area contributed by atoms with Crippen molar-refractivity contribution < 1.29 is 17.7 Å². The van der Waals surface area contributed by atoms with Crippen molar-refractivity contribution in [1.82, 2.24) is 0 Å². The fraction of sp³-hybridized carbons (Fsp3) is 0.333. The molecule has 0 aliphatic heterocycles. The van der Waals surface area contributed by atoms with E-state index in [0.29, 0.717) is 6.42 Å². The lowest BCUT2D eigenvalue weighted by atomic mass is 9.94. The third-order valence-electron chi connectivity index (χ3n) is 4.36. The second-order valence-corrected chi connectivity index (χ2v) is 9.66. The Kier molecular flexibility index (Phi) is 7.28. The summed E-state index contributed by atoms with van der Waals surface area (Å²) in [6.45, 7) is 8.88. The van der Waals surface area contributed by atoms with Gasteiger partial charge in [0.2, 0.25) is 0 Å². The van der Waals surface area contributed by atoms with Crippen LogP contribution in [-0.4, -0.2) is 30.5 Å². The van der Waals surface area contributed by atoms with Gasteiger partial charge in [-0.25, -0.2) is 0 Å². The highest BCUT2D eigenvalue weighted by Crippen LogP contribution is 2.32. The summed E-state index contributed by atoms with van der Waals surface area (Å²) in [7, 11) is -3.95. The van der Waals surface area contributed by atoms with Crippen LogP contribution in [0.5, 0.6) is 0 Å². The van der Waals surface area contributed by atoms with Crippen LogP contribution < -0.4 is 0 Å². The molecule has 0 saturated heterocycles. The number of hydrogen-bond acceptors (Lipinski definition) is 5. The summed E-state index contributed by atoms with van der Waals surface area (Å²) in [6, 6.07) is 16.2. The Morgan fingerprint density at radius 3 is 2.33 bits per heavy atom. The molecule has 0 heterocycles. The Hall–Kier alpha value is -1.60. The average molecular weight is 407 g/mol. The van der Waals surface area contributed by atoms with Crippen LogP contribution in [0.25, 0.3) is 0 Å². The molecular weight excluding hydrogens is 380 g/mol. The van der Waals surface area contributed by atoms with Gasteiger partial charge in [0.25, 0.3) is 10.1 Å². The van der Waals surface area contributed by atoms with E-state index >= 15 is 0 Å². The monoisotopic (exact) mass is 406 g/mol. The average Bonchev–Trinajstić information content (AvgIpc) is 2.61. The van der Waals surface area contributed by atoms with Gasteiger partial charge < -0.3 is 5.11 Å². The van der Waals surface area contributed by atoms with Crippen molar-refractivity contribution in [3.8, 4) is 0 Å². The lowest BCUT2D eigenvalue weighted by Crippen LogP contribution is -2.42. The van der Waals surface area contributed by atoms with Gasteiger partial charge in [-0.2, -0.15) is 8.42 Å². The van der Waals surface area contributed by atoms with Crippen molar-refractivity contribution in [2.45, 2.75) is 53.9 Å². The van der Waals surface area contributed by atoms with Gasteiger partial charge in [-0.3, -0.25) is 4.18 Å². The van der Waals surface area contributed by atoms with Gasteiger partial charge in [0, 0.05) is 10.1 Å². The molecule has 27 heavy (non-hydrogen) atoms. The fourth-order valence-corrected chi connectivity index (χ4v) is 4.82. The maximum atomic E-state index is 12.5. The van der Waals surface area contributed by atoms with Gasteiger partial charge in [0.15, 0.2) is 0 Å². The highest BCUT2D eigenvalue weighted by Gasteiger charge is 2.35. The van der Waals surface area contributed by atoms with E-state index in [2.05, 4.69) is 6.58 Å². The highest BCUT2D eigenvalue weighted by molar-refractivity contribution is 8.00. The summed E-state index contributed by atoms with van der Waals surface area (Å²) < 4.78 is 30.3. The van der Waals surface area contributed by atoms with Crippen molar-refractivity contribution in [3.63, 3.8) is 0 Å². The Bertz CT molecular complexity index is 844. The zero-order valence-corrected chi connectivity index (χ0v) is 17.5. The predicted molar refractivity (Wildman–Crippen MR) is 110 cm³/mol. The molecule has 0 aromatic heterocycles. The summed E-state index contributed by atoms with van der Waals surface area (Å²) in [6.07, 6.45) is 1.15. The quantitative estimate of drug-likeness (QED) is 0.375. The van der Waals surface area contributed by atoms with E-state index in [1.165, 1.54) is 12.1 Å². The molecule has 2 aromatic carbocycles. The van der Waals surface area contributed by atoms with Crippen LogP contribution in [-0.2, 0) is 14.3 Å². The molecule has 2 aromatic rings. The molecule has 0 saturated carbocycles. The molecular formula is C21H26O4S2. The van der Waals surface area contributed by atoms with E-state index in [0.717, 1.165) is 10.5 Å². The summed E-state index contributed by atoms with van der Waals surface area (Å²) >= 11 is 1.57. The molecule has 0 aliphatic rings. The van der Waals surface area contributed by atoms with Crippen LogP contribution in [0, 0.1) is 6.92 Å². The molecule has 0 spiro atoms. The van der Waals surface area contributed by atoms with Crippen molar-refractivity contribution in [1.29, 1.82) is 0 Å². The van der Waals surface area contributed by atoms with Gasteiger partial charge in [-0.15, -0.1) is 18.3 Å². The van der Waals surface area contributed by atoms with Crippen molar-refractivity contribution in [3.05, 3.63) is 72.8 Å². The molecule has 0 amide bonds. The molecule has 0 radical (unpaired) electrons. The standard InChI is InChI=1S/C21H26O4S2/c1-5-18(26-19-9-7-6-8-10-19)15-21(4,22)17(3)25-27(23,24)20-13-11-16(2)12-14-20/h5-14,17-18,22H,1,15H2,2-4H3/t17-,18?,21-/m0/s1. The minimum Gasteiger partial charge on any atom is -0.387 e. The van der Waals surface area contributed by atoms with Crippen LogP contribution in [0.4, 0.5) is 0 Å². The predicted octanol–water partition coefficient (Wildman–Crippen LogP) is 4.58. The summed E-state index contributed by atoms with van der Waals surface area (Å²) in [5, 5.41) is 10.8. The Labute approximate surface area is 166 Å². The van der Waals surface area contributed by atoms with Crippen LogP contribution in [0.3, 0.4) is 0 Å². The minimum atomic E-state index is -3.95. The van der Waals surface area contributed by atoms with Gasteiger partial charge in [0.05, 0.1) is 10.5 Å². The topological polar surface area (TPSA) is 63.6 Å². The van der Waals surface area contributed by atoms with E-state index in [1.54, 1.807) is 43.8 Å². The van der Waals surface area contributed by atoms with E-state index in [1.807, 2.05) is 37.3 Å². The van der Waals surface area contributed by atoms with Gasteiger partial charge in [-0.1, -0.05) is 42.0 Å². The zero-order chi connectivity index (χ0) is 20.1.